The molecule has 3 rings (SSSR count). The highest BCUT2D eigenvalue weighted by molar-refractivity contribution is 5.28. The number of hydrogen-bond acceptors (Lipinski definition) is 5. The predicted octanol–water partition coefficient (Wildman–Crippen LogP) is 1.12. The largest absolute Gasteiger partial charge is 0.322 e. The second-order valence-corrected chi connectivity index (χ2v) is 4.70. The SMILES string of the molecule is CCn1ncnc1CC(N)c1cnn(-c2ccccc2)n1. The van der Waals surface area contributed by atoms with E-state index < -0.39 is 0 Å². The molecule has 0 spiro atoms. The van der Waals surface area contributed by atoms with E-state index in [0.717, 1.165) is 23.8 Å². The van der Waals surface area contributed by atoms with Crippen LogP contribution in [0.25, 0.3) is 5.69 Å². The van der Waals surface area contributed by atoms with E-state index in [9.17, 15) is 0 Å². The van der Waals surface area contributed by atoms with E-state index in [1.54, 1.807) is 17.3 Å². The molecule has 0 amide bonds. The molecule has 2 aromatic heterocycles. The van der Waals surface area contributed by atoms with Crippen LogP contribution in [-0.4, -0.2) is 29.8 Å². The minimum absolute atomic E-state index is 0.253. The molecule has 1 aromatic carbocycles. The van der Waals surface area contributed by atoms with Gasteiger partial charge in [0, 0.05) is 13.0 Å². The van der Waals surface area contributed by atoms with Crippen molar-refractivity contribution in [3.8, 4) is 5.69 Å². The highest BCUT2D eigenvalue weighted by Gasteiger charge is 2.15. The quantitative estimate of drug-likeness (QED) is 0.758. The molecule has 1 unspecified atom stereocenters. The Balaban J connectivity index is 1.77. The monoisotopic (exact) mass is 283 g/mol. The fourth-order valence-corrected chi connectivity index (χ4v) is 2.14. The number of nitrogens with two attached hydrogens (primary N) is 1. The lowest BCUT2D eigenvalue weighted by Crippen LogP contribution is -2.17. The molecule has 0 saturated carbocycles. The normalized spacial score (nSPS) is 12.5. The Morgan fingerprint density at radius 2 is 2.00 bits per heavy atom. The lowest BCUT2D eigenvalue weighted by atomic mass is 10.1. The highest BCUT2D eigenvalue weighted by atomic mass is 15.5. The first kappa shape index (κ1) is 13.4. The van der Waals surface area contributed by atoms with Crippen LogP contribution < -0.4 is 5.73 Å². The van der Waals surface area contributed by atoms with Gasteiger partial charge in [-0.15, -0.1) is 0 Å². The van der Waals surface area contributed by atoms with Gasteiger partial charge in [0.1, 0.15) is 17.8 Å². The second kappa shape index (κ2) is 5.84. The summed E-state index contributed by atoms with van der Waals surface area (Å²) in [4.78, 5) is 5.82. The molecule has 2 heterocycles. The molecule has 7 heteroatoms. The average Bonchev–Trinajstić information content (AvgIpc) is 3.17. The minimum atomic E-state index is -0.253. The molecule has 0 radical (unpaired) electrons. The van der Waals surface area contributed by atoms with Crippen molar-refractivity contribution in [1.82, 2.24) is 29.8 Å². The third-order valence-electron chi connectivity index (χ3n) is 3.27. The van der Waals surface area contributed by atoms with Gasteiger partial charge >= 0.3 is 0 Å². The van der Waals surface area contributed by atoms with Crippen LogP contribution in [0.15, 0.2) is 42.9 Å². The summed E-state index contributed by atoms with van der Waals surface area (Å²) in [6, 6.07) is 9.49. The summed E-state index contributed by atoms with van der Waals surface area (Å²) in [6.45, 7) is 2.80. The average molecular weight is 283 g/mol. The fraction of sp³-hybridized carbons (Fsp3) is 0.286. The van der Waals surface area contributed by atoms with E-state index in [1.807, 2.05) is 41.9 Å². The second-order valence-electron chi connectivity index (χ2n) is 4.70. The molecule has 0 bridgehead atoms. The predicted molar refractivity (Wildman–Crippen MR) is 77.7 cm³/mol. The van der Waals surface area contributed by atoms with Gasteiger partial charge in [-0.2, -0.15) is 20.1 Å². The zero-order valence-corrected chi connectivity index (χ0v) is 11.8. The molecule has 0 saturated heterocycles. The Morgan fingerprint density at radius 3 is 2.76 bits per heavy atom. The van der Waals surface area contributed by atoms with Crippen molar-refractivity contribution in [3.63, 3.8) is 0 Å². The molecule has 0 aliphatic rings. The van der Waals surface area contributed by atoms with Gasteiger partial charge < -0.3 is 5.73 Å². The Morgan fingerprint density at radius 1 is 1.19 bits per heavy atom. The third-order valence-corrected chi connectivity index (χ3v) is 3.27. The van der Waals surface area contributed by atoms with Crippen molar-refractivity contribution in [2.45, 2.75) is 25.9 Å². The van der Waals surface area contributed by atoms with Gasteiger partial charge in [0.25, 0.3) is 0 Å². The lowest BCUT2D eigenvalue weighted by molar-refractivity contribution is 0.572. The third kappa shape index (κ3) is 2.82. The Labute approximate surface area is 122 Å². The maximum atomic E-state index is 6.20. The first-order chi connectivity index (χ1) is 10.3. The van der Waals surface area contributed by atoms with Crippen LogP contribution in [0, 0.1) is 0 Å². The summed E-state index contributed by atoms with van der Waals surface area (Å²) < 4.78 is 1.83. The Bertz CT molecular complexity index is 701. The van der Waals surface area contributed by atoms with Crippen LogP contribution in [0.5, 0.6) is 0 Å². The van der Waals surface area contributed by atoms with E-state index in [1.165, 1.54) is 0 Å². The van der Waals surface area contributed by atoms with Gasteiger partial charge in [-0.05, 0) is 19.1 Å². The molecule has 0 aliphatic carbocycles. The smallest absolute Gasteiger partial charge is 0.138 e. The van der Waals surface area contributed by atoms with Gasteiger partial charge in [-0.1, -0.05) is 18.2 Å². The first-order valence-electron chi connectivity index (χ1n) is 6.88. The van der Waals surface area contributed by atoms with E-state index >= 15 is 0 Å². The molecule has 0 aliphatic heterocycles. The van der Waals surface area contributed by atoms with E-state index in [2.05, 4.69) is 20.3 Å². The van der Waals surface area contributed by atoms with Crippen LogP contribution >= 0.6 is 0 Å². The van der Waals surface area contributed by atoms with Gasteiger partial charge in [0.05, 0.1) is 17.9 Å². The lowest BCUT2D eigenvalue weighted by Gasteiger charge is -2.08. The zero-order valence-electron chi connectivity index (χ0n) is 11.8. The van der Waals surface area contributed by atoms with Crippen LogP contribution in [-0.2, 0) is 13.0 Å². The minimum Gasteiger partial charge on any atom is -0.322 e. The zero-order chi connectivity index (χ0) is 14.7. The molecular weight excluding hydrogens is 266 g/mol. The summed E-state index contributed by atoms with van der Waals surface area (Å²) in [5, 5.41) is 12.8. The van der Waals surface area contributed by atoms with Crippen LogP contribution in [0.4, 0.5) is 0 Å². The number of rotatable bonds is 5. The van der Waals surface area contributed by atoms with Crippen molar-refractivity contribution >= 4 is 0 Å². The number of benzene rings is 1. The molecule has 0 fully saturated rings. The topological polar surface area (TPSA) is 87.4 Å². The molecule has 7 nitrogen and oxygen atoms in total. The number of para-hydroxylation sites is 1. The van der Waals surface area contributed by atoms with E-state index in [-0.39, 0.29) is 6.04 Å². The van der Waals surface area contributed by atoms with Crippen LogP contribution in [0.3, 0.4) is 0 Å². The number of hydrogen-bond donors (Lipinski definition) is 1. The summed E-state index contributed by atoms with van der Waals surface area (Å²) >= 11 is 0. The number of aryl methyl sites for hydroxylation is 1. The van der Waals surface area contributed by atoms with Crippen molar-refractivity contribution in [2.24, 2.45) is 5.73 Å². The Kier molecular flexibility index (Phi) is 3.74. The first-order valence-corrected chi connectivity index (χ1v) is 6.88. The number of nitrogens with zero attached hydrogens (tertiary/aromatic N) is 6. The van der Waals surface area contributed by atoms with Crippen molar-refractivity contribution in [2.75, 3.05) is 0 Å². The Hall–Kier alpha value is -2.54. The van der Waals surface area contributed by atoms with Gasteiger partial charge in [-0.3, -0.25) is 4.68 Å². The standard InChI is InChI=1S/C14H17N7/c1-2-20-14(16-10-18-20)8-12(15)13-9-17-21(19-13)11-6-4-3-5-7-11/h3-7,9-10,12H,2,8,15H2,1H3. The van der Waals surface area contributed by atoms with Crippen molar-refractivity contribution in [1.29, 1.82) is 0 Å². The summed E-state index contributed by atoms with van der Waals surface area (Å²) in [7, 11) is 0. The highest BCUT2D eigenvalue weighted by Crippen LogP contribution is 2.13. The molecule has 21 heavy (non-hydrogen) atoms. The van der Waals surface area contributed by atoms with E-state index in [0.29, 0.717) is 6.42 Å². The fourth-order valence-electron chi connectivity index (χ4n) is 2.14. The summed E-state index contributed by atoms with van der Waals surface area (Å²) in [5.41, 5.74) is 7.85. The molecule has 3 aromatic rings. The molecule has 108 valence electrons. The van der Waals surface area contributed by atoms with Gasteiger partial charge in [0.2, 0.25) is 0 Å². The molecule has 2 N–H and O–H groups in total. The van der Waals surface area contributed by atoms with Gasteiger partial charge in [-0.25, -0.2) is 4.98 Å². The number of aromatic nitrogens is 6. The van der Waals surface area contributed by atoms with Crippen LogP contribution in [0.2, 0.25) is 0 Å². The van der Waals surface area contributed by atoms with Crippen molar-refractivity contribution < 1.29 is 0 Å². The van der Waals surface area contributed by atoms with Gasteiger partial charge in [0.15, 0.2) is 0 Å². The maximum absolute atomic E-state index is 6.20. The maximum Gasteiger partial charge on any atom is 0.138 e. The molecule has 1 atom stereocenters. The molecular formula is C14H17N7. The summed E-state index contributed by atoms with van der Waals surface area (Å²) in [6.07, 6.45) is 3.83. The summed E-state index contributed by atoms with van der Waals surface area (Å²) in [5.74, 6) is 0.860. The van der Waals surface area contributed by atoms with E-state index in [4.69, 9.17) is 5.73 Å². The van der Waals surface area contributed by atoms with Crippen molar-refractivity contribution in [3.05, 3.63) is 54.4 Å². The van der Waals surface area contributed by atoms with Crippen LogP contribution in [0.1, 0.15) is 24.5 Å².